The van der Waals surface area contributed by atoms with Gasteiger partial charge in [0.25, 0.3) is 0 Å². The molecule has 0 radical (unpaired) electrons. The van der Waals surface area contributed by atoms with Crippen molar-refractivity contribution in [2.45, 2.75) is 38.6 Å². The van der Waals surface area contributed by atoms with E-state index in [0.717, 1.165) is 56.0 Å². The van der Waals surface area contributed by atoms with Gasteiger partial charge in [0, 0.05) is 25.6 Å². The van der Waals surface area contributed by atoms with Gasteiger partial charge in [0.05, 0.1) is 18.8 Å². The number of carbonyl (C=O) groups is 1. The summed E-state index contributed by atoms with van der Waals surface area (Å²) in [5, 5.41) is 8.44. The van der Waals surface area contributed by atoms with Crippen molar-refractivity contribution in [3.63, 3.8) is 0 Å². The molecule has 0 N–H and O–H groups in total. The third kappa shape index (κ3) is 4.04. The van der Waals surface area contributed by atoms with E-state index in [-0.39, 0.29) is 23.7 Å². The van der Waals surface area contributed by atoms with Crippen molar-refractivity contribution in [1.29, 1.82) is 0 Å². The second kappa shape index (κ2) is 8.35. The number of hydrogen-bond donors (Lipinski definition) is 0. The highest BCUT2D eigenvalue weighted by atomic mass is 19.1. The molecule has 29 heavy (non-hydrogen) atoms. The van der Waals surface area contributed by atoms with Crippen LogP contribution in [-0.2, 0) is 11.2 Å². The number of benzene rings is 1. The normalized spacial score (nSPS) is 21.4. The number of piperazine rings is 1. The van der Waals surface area contributed by atoms with E-state index in [9.17, 15) is 9.18 Å². The second-order valence-electron chi connectivity index (χ2n) is 7.92. The van der Waals surface area contributed by atoms with E-state index in [1.807, 2.05) is 30.0 Å². The lowest BCUT2D eigenvalue weighted by molar-refractivity contribution is -0.132. The third-order valence-electron chi connectivity index (χ3n) is 6.03. The number of halogens is 1. The second-order valence-corrected chi connectivity index (χ2v) is 7.92. The predicted octanol–water partition coefficient (Wildman–Crippen LogP) is 2.99. The molecule has 2 atom stereocenters. The minimum atomic E-state index is -0.335. The molecule has 2 saturated heterocycles. The van der Waals surface area contributed by atoms with Crippen LogP contribution in [0, 0.1) is 18.7 Å². The van der Waals surface area contributed by atoms with E-state index in [2.05, 4.69) is 15.1 Å². The molecule has 0 bridgehead atoms. The Bertz CT molecular complexity index is 874. The van der Waals surface area contributed by atoms with E-state index in [1.165, 1.54) is 13.2 Å². The van der Waals surface area contributed by atoms with Crippen molar-refractivity contribution < 1.29 is 13.9 Å². The number of aromatic nitrogens is 2. The molecule has 2 aliphatic rings. The molecular formula is C22H27FN4O2. The molecule has 4 rings (SSSR count). The zero-order valence-corrected chi connectivity index (χ0v) is 17.0. The summed E-state index contributed by atoms with van der Waals surface area (Å²) < 4.78 is 19.0. The van der Waals surface area contributed by atoms with Crippen LogP contribution in [0.5, 0.6) is 5.75 Å². The topological polar surface area (TPSA) is 58.6 Å². The quantitative estimate of drug-likeness (QED) is 0.749. The molecule has 1 aromatic heterocycles. The number of fused-ring (bicyclic) bond motifs is 1. The van der Waals surface area contributed by atoms with E-state index in [0.29, 0.717) is 12.2 Å². The number of nitrogens with zero attached hydrogens (tertiary/aromatic N) is 4. The van der Waals surface area contributed by atoms with E-state index in [1.54, 1.807) is 6.07 Å². The Hall–Kier alpha value is -2.70. The van der Waals surface area contributed by atoms with Crippen LogP contribution in [0.3, 0.4) is 0 Å². The smallest absolute Gasteiger partial charge is 0.226 e. The molecule has 6 nitrogen and oxygen atoms in total. The molecule has 3 heterocycles. The number of ether oxygens (including phenoxy) is 1. The summed E-state index contributed by atoms with van der Waals surface area (Å²) in [7, 11) is 1.49. The number of carbonyl (C=O) groups excluding carboxylic acids is 1. The summed E-state index contributed by atoms with van der Waals surface area (Å²) in [5.41, 5.74) is 1.76. The van der Waals surface area contributed by atoms with Gasteiger partial charge >= 0.3 is 0 Å². The highest BCUT2D eigenvalue weighted by Crippen LogP contribution is 2.33. The monoisotopic (exact) mass is 398 g/mol. The largest absolute Gasteiger partial charge is 0.493 e. The van der Waals surface area contributed by atoms with Crippen molar-refractivity contribution in [3.8, 4) is 5.75 Å². The fourth-order valence-corrected chi connectivity index (χ4v) is 4.54. The lowest BCUT2D eigenvalue weighted by atomic mass is 9.96. The summed E-state index contributed by atoms with van der Waals surface area (Å²) >= 11 is 0. The number of rotatable bonds is 6. The van der Waals surface area contributed by atoms with Crippen molar-refractivity contribution >= 4 is 11.7 Å². The molecule has 2 aliphatic heterocycles. The highest BCUT2D eigenvalue weighted by Gasteiger charge is 2.42. The van der Waals surface area contributed by atoms with Gasteiger partial charge in [0.1, 0.15) is 0 Å². The van der Waals surface area contributed by atoms with Crippen LogP contribution in [0.25, 0.3) is 0 Å². The zero-order valence-electron chi connectivity index (χ0n) is 17.0. The first-order valence-corrected chi connectivity index (χ1v) is 10.2. The van der Waals surface area contributed by atoms with Crippen molar-refractivity contribution in [2.75, 3.05) is 31.6 Å². The summed E-state index contributed by atoms with van der Waals surface area (Å²) in [5.74, 6) is 1.17. The van der Waals surface area contributed by atoms with Gasteiger partial charge in [-0.25, -0.2) is 4.39 Å². The Kier molecular flexibility index (Phi) is 5.65. The lowest BCUT2D eigenvalue weighted by Crippen LogP contribution is -2.51. The number of para-hydroxylation sites is 1. The zero-order chi connectivity index (χ0) is 20.4. The Morgan fingerprint density at radius 1 is 1.21 bits per heavy atom. The average molecular weight is 398 g/mol. The van der Waals surface area contributed by atoms with Gasteiger partial charge in [-0.15, -0.1) is 5.10 Å². The Balaban J connectivity index is 1.34. The number of methoxy groups -OCH3 is 1. The predicted molar refractivity (Wildman–Crippen MR) is 108 cm³/mol. The standard InChI is InChI=1S/C22H27FN4O2/c1-15-9-10-20(25-24-15)26-11-12-27-18(14-26)13-17(22(27)28)7-3-5-16-6-4-8-19(23)21(16)29-2/h4,6,8-10,17-18H,3,5,7,11-14H2,1-2H3/t17-,18-/m0/s1. The fraction of sp³-hybridized carbons (Fsp3) is 0.500. The molecule has 154 valence electrons. The van der Waals surface area contributed by atoms with Gasteiger partial charge in [0.2, 0.25) is 5.91 Å². The minimum absolute atomic E-state index is 0.0450. The Morgan fingerprint density at radius 2 is 2.07 bits per heavy atom. The lowest BCUT2D eigenvalue weighted by Gasteiger charge is -2.37. The van der Waals surface area contributed by atoms with Crippen LogP contribution in [0.2, 0.25) is 0 Å². The van der Waals surface area contributed by atoms with Crippen molar-refractivity contribution in [1.82, 2.24) is 15.1 Å². The number of hydrogen-bond acceptors (Lipinski definition) is 5. The maximum atomic E-state index is 13.8. The summed E-state index contributed by atoms with van der Waals surface area (Å²) in [6.45, 7) is 4.24. The van der Waals surface area contributed by atoms with Crippen LogP contribution in [0.15, 0.2) is 30.3 Å². The Labute approximate surface area is 170 Å². The highest BCUT2D eigenvalue weighted by molar-refractivity contribution is 5.82. The molecule has 0 saturated carbocycles. The molecule has 0 spiro atoms. The van der Waals surface area contributed by atoms with Gasteiger partial charge in [0.15, 0.2) is 17.4 Å². The molecule has 7 heteroatoms. The molecule has 1 aromatic carbocycles. The van der Waals surface area contributed by atoms with Crippen molar-refractivity contribution in [2.24, 2.45) is 5.92 Å². The summed E-state index contributed by atoms with van der Waals surface area (Å²) in [6.07, 6.45) is 3.23. The fourth-order valence-electron chi connectivity index (χ4n) is 4.54. The van der Waals surface area contributed by atoms with Gasteiger partial charge in [-0.2, -0.15) is 5.10 Å². The molecule has 2 fully saturated rings. The van der Waals surface area contributed by atoms with Crippen LogP contribution in [0.1, 0.15) is 30.5 Å². The maximum Gasteiger partial charge on any atom is 0.226 e. The first-order chi connectivity index (χ1) is 14.1. The molecule has 0 aliphatic carbocycles. The van der Waals surface area contributed by atoms with Crippen LogP contribution < -0.4 is 9.64 Å². The number of amides is 1. The summed E-state index contributed by atoms with van der Waals surface area (Å²) in [4.78, 5) is 17.1. The third-order valence-corrected chi connectivity index (χ3v) is 6.03. The summed E-state index contributed by atoms with van der Waals surface area (Å²) in [6, 6.07) is 9.20. The van der Waals surface area contributed by atoms with Gasteiger partial charge < -0.3 is 14.5 Å². The first kappa shape index (κ1) is 19.6. The first-order valence-electron chi connectivity index (χ1n) is 10.2. The maximum absolute atomic E-state index is 13.8. The van der Waals surface area contributed by atoms with Crippen LogP contribution in [-0.4, -0.2) is 53.8 Å². The van der Waals surface area contributed by atoms with E-state index < -0.39 is 0 Å². The molecule has 1 amide bonds. The van der Waals surface area contributed by atoms with Crippen LogP contribution in [0.4, 0.5) is 10.2 Å². The van der Waals surface area contributed by atoms with E-state index in [4.69, 9.17) is 4.74 Å². The van der Waals surface area contributed by atoms with E-state index >= 15 is 0 Å². The van der Waals surface area contributed by atoms with Crippen LogP contribution >= 0.6 is 0 Å². The Morgan fingerprint density at radius 3 is 2.83 bits per heavy atom. The number of aryl methyl sites for hydroxylation is 2. The van der Waals surface area contributed by atoms with Gasteiger partial charge in [-0.05, 0) is 56.4 Å². The minimum Gasteiger partial charge on any atom is -0.493 e. The van der Waals surface area contributed by atoms with Crippen molar-refractivity contribution in [3.05, 3.63) is 47.4 Å². The average Bonchev–Trinajstić information content (AvgIpc) is 3.04. The molecule has 0 unspecified atom stereocenters. The molecular weight excluding hydrogens is 371 g/mol. The number of anilines is 1. The van der Waals surface area contributed by atoms with Gasteiger partial charge in [-0.3, -0.25) is 4.79 Å². The SMILES string of the molecule is COc1c(F)cccc1CCC[C@H]1C[C@H]2CN(c3ccc(C)nn3)CCN2C1=O. The molecule has 2 aromatic rings. The van der Waals surface area contributed by atoms with Gasteiger partial charge in [-0.1, -0.05) is 12.1 Å².